The minimum atomic E-state index is -0.777. The molecule has 0 atom stereocenters. The van der Waals surface area contributed by atoms with Gasteiger partial charge in [-0.05, 0) is 12.1 Å². The summed E-state index contributed by atoms with van der Waals surface area (Å²) in [6.45, 7) is 0. The molecule has 0 aliphatic carbocycles. The van der Waals surface area contributed by atoms with Gasteiger partial charge in [0.15, 0.2) is 6.07 Å². The quantitative estimate of drug-likeness (QED) is 0.281. The van der Waals surface area contributed by atoms with E-state index < -0.39 is 5.91 Å². The number of hydrogen-bond donors (Lipinski definition) is 1. The molecule has 0 unspecified atom stereocenters. The number of carbonyl (C=O) groups excluding carboxylic acids is 1. The summed E-state index contributed by atoms with van der Waals surface area (Å²) in [4.78, 5) is 10.8. The molecule has 0 saturated heterocycles. The molecule has 1 rings (SSSR count). The van der Waals surface area contributed by atoms with Crippen molar-refractivity contribution < 1.29 is 4.79 Å². The van der Waals surface area contributed by atoms with Crippen LogP contribution in [0.3, 0.4) is 0 Å². The van der Waals surface area contributed by atoms with Crippen LogP contribution in [-0.2, 0) is 4.79 Å². The molecule has 0 heterocycles. The molecular weight excluding hydrogens is 154 g/mol. The first-order valence-electron chi connectivity index (χ1n) is 3.29. The van der Waals surface area contributed by atoms with Crippen molar-refractivity contribution >= 4 is 11.6 Å². The van der Waals surface area contributed by atoms with Crippen molar-refractivity contribution in [2.24, 2.45) is 5.84 Å². The molecule has 0 aliphatic rings. The highest BCUT2D eigenvalue weighted by Gasteiger charge is 2.08. The van der Waals surface area contributed by atoms with Gasteiger partial charge < -0.3 is 0 Å². The van der Waals surface area contributed by atoms with Crippen LogP contribution in [0.2, 0.25) is 0 Å². The van der Waals surface area contributed by atoms with E-state index in [4.69, 9.17) is 11.1 Å². The van der Waals surface area contributed by atoms with Gasteiger partial charge in [-0.1, -0.05) is 18.2 Å². The van der Waals surface area contributed by atoms with E-state index >= 15 is 0 Å². The summed E-state index contributed by atoms with van der Waals surface area (Å²) >= 11 is 0. The number of rotatable bonds is 1. The van der Waals surface area contributed by atoms with Gasteiger partial charge >= 0.3 is 5.91 Å². The number of amides is 1. The lowest BCUT2D eigenvalue weighted by Gasteiger charge is -2.11. The van der Waals surface area contributed by atoms with Crippen LogP contribution in [0.4, 0.5) is 5.69 Å². The second-order valence-electron chi connectivity index (χ2n) is 2.12. The van der Waals surface area contributed by atoms with Gasteiger partial charge in [0.05, 0.1) is 5.69 Å². The van der Waals surface area contributed by atoms with Crippen LogP contribution < -0.4 is 10.9 Å². The molecule has 60 valence electrons. The van der Waals surface area contributed by atoms with Gasteiger partial charge in [0.1, 0.15) is 0 Å². The lowest BCUT2D eigenvalue weighted by molar-refractivity contribution is -0.113. The summed E-state index contributed by atoms with van der Waals surface area (Å²) in [6.07, 6.45) is 0. The summed E-state index contributed by atoms with van der Waals surface area (Å²) in [7, 11) is 0. The number of para-hydroxylation sites is 1. The van der Waals surface area contributed by atoms with Crippen molar-refractivity contribution in [2.45, 2.75) is 0 Å². The lowest BCUT2D eigenvalue weighted by atomic mass is 10.3. The van der Waals surface area contributed by atoms with E-state index in [-0.39, 0.29) is 0 Å². The van der Waals surface area contributed by atoms with E-state index in [1.165, 1.54) is 6.07 Å². The zero-order valence-corrected chi connectivity index (χ0v) is 6.27. The third kappa shape index (κ3) is 1.59. The molecule has 0 aromatic heterocycles. The van der Waals surface area contributed by atoms with Crippen molar-refractivity contribution in [3.8, 4) is 6.07 Å². The third-order valence-electron chi connectivity index (χ3n) is 1.35. The standard InChI is InChI=1S/C8H7N3O/c9-6-8(12)11(10)7-4-2-1-3-5-7/h1-5H,10H2. The maximum Gasteiger partial charge on any atom is 0.343 e. The Morgan fingerprint density at radius 2 is 2.00 bits per heavy atom. The maximum atomic E-state index is 10.8. The highest BCUT2D eigenvalue weighted by Crippen LogP contribution is 2.08. The molecule has 0 bridgehead atoms. The molecule has 1 aromatic carbocycles. The molecule has 2 N–H and O–H groups in total. The molecule has 1 amide bonds. The molecule has 4 heteroatoms. The van der Waals surface area contributed by atoms with Gasteiger partial charge in [-0.15, -0.1) is 0 Å². The van der Waals surface area contributed by atoms with E-state index in [0.717, 1.165) is 5.01 Å². The molecule has 0 fully saturated rings. The Hall–Kier alpha value is -1.86. The smallest absolute Gasteiger partial charge is 0.255 e. The predicted molar refractivity (Wildman–Crippen MR) is 43.7 cm³/mol. The Labute approximate surface area is 69.8 Å². The molecule has 0 spiro atoms. The Balaban J connectivity index is 2.87. The van der Waals surface area contributed by atoms with Crippen molar-refractivity contribution in [1.82, 2.24) is 0 Å². The van der Waals surface area contributed by atoms with E-state index in [2.05, 4.69) is 0 Å². The molecule has 12 heavy (non-hydrogen) atoms. The Morgan fingerprint density at radius 3 is 2.50 bits per heavy atom. The largest absolute Gasteiger partial charge is 0.343 e. The molecular formula is C8H7N3O. The van der Waals surface area contributed by atoms with Crippen LogP contribution in [-0.4, -0.2) is 5.91 Å². The summed E-state index contributed by atoms with van der Waals surface area (Å²) in [5.74, 6) is 4.53. The molecule has 0 radical (unpaired) electrons. The van der Waals surface area contributed by atoms with Gasteiger partial charge in [-0.2, -0.15) is 5.26 Å². The fourth-order valence-corrected chi connectivity index (χ4v) is 0.760. The van der Waals surface area contributed by atoms with Crippen LogP contribution in [0.1, 0.15) is 0 Å². The summed E-state index contributed by atoms with van der Waals surface area (Å²) in [6, 6.07) is 9.99. The fourth-order valence-electron chi connectivity index (χ4n) is 0.760. The number of benzene rings is 1. The number of hydrazine groups is 1. The monoisotopic (exact) mass is 161 g/mol. The summed E-state index contributed by atoms with van der Waals surface area (Å²) < 4.78 is 0. The Bertz CT molecular complexity index is 315. The first-order chi connectivity index (χ1) is 5.75. The minimum absolute atomic E-state index is 0.504. The molecule has 4 nitrogen and oxygen atoms in total. The number of nitriles is 1. The van der Waals surface area contributed by atoms with Gasteiger partial charge in [-0.25, -0.2) is 10.9 Å². The summed E-state index contributed by atoms with van der Waals surface area (Å²) in [5, 5.41) is 9.05. The van der Waals surface area contributed by atoms with E-state index in [0.29, 0.717) is 5.69 Å². The number of anilines is 1. The molecule has 1 aromatic rings. The van der Waals surface area contributed by atoms with Crippen molar-refractivity contribution in [1.29, 1.82) is 5.26 Å². The van der Waals surface area contributed by atoms with Crippen molar-refractivity contribution in [2.75, 3.05) is 5.01 Å². The summed E-state index contributed by atoms with van der Waals surface area (Å²) in [5.41, 5.74) is 0.504. The Kier molecular flexibility index (Phi) is 2.41. The maximum absolute atomic E-state index is 10.8. The number of nitrogens with two attached hydrogens (primary N) is 1. The van der Waals surface area contributed by atoms with Gasteiger partial charge in [0.25, 0.3) is 0 Å². The van der Waals surface area contributed by atoms with Crippen LogP contribution in [0.5, 0.6) is 0 Å². The fraction of sp³-hybridized carbons (Fsp3) is 0. The highest BCUT2D eigenvalue weighted by molar-refractivity contribution is 6.03. The second-order valence-corrected chi connectivity index (χ2v) is 2.12. The van der Waals surface area contributed by atoms with Crippen LogP contribution in [0.15, 0.2) is 30.3 Å². The van der Waals surface area contributed by atoms with Gasteiger partial charge in [0, 0.05) is 0 Å². The highest BCUT2D eigenvalue weighted by atomic mass is 16.2. The van der Waals surface area contributed by atoms with E-state index in [1.54, 1.807) is 30.3 Å². The number of hydrogen-bond acceptors (Lipinski definition) is 3. The second kappa shape index (κ2) is 3.51. The first-order valence-corrected chi connectivity index (χ1v) is 3.29. The average molecular weight is 161 g/mol. The lowest BCUT2D eigenvalue weighted by Crippen LogP contribution is -2.36. The zero-order valence-electron chi connectivity index (χ0n) is 6.27. The van der Waals surface area contributed by atoms with Crippen molar-refractivity contribution in [3.63, 3.8) is 0 Å². The van der Waals surface area contributed by atoms with Crippen LogP contribution in [0, 0.1) is 11.3 Å². The first kappa shape index (κ1) is 8.24. The third-order valence-corrected chi connectivity index (χ3v) is 1.35. The van der Waals surface area contributed by atoms with Crippen LogP contribution >= 0.6 is 0 Å². The number of carbonyl (C=O) groups is 1. The predicted octanol–water partition coefficient (Wildman–Crippen LogP) is 0.417. The zero-order chi connectivity index (χ0) is 8.97. The Morgan fingerprint density at radius 1 is 1.42 bits per heavy atom. The average Bonchev–Trinajstić information content (AvgIpc) is 2.17. The van der Waals surface area contributed by atoms with E-state index in [9.17, 15) is 4.79 Å². The molecule has 0 saturated carbocycles. The van der Waals surface area contributed by atoms with Gasteiger partial charge in [-0.3, -0.25) is 4.79 Å². The van der Waals surface area contributed by atoms with E-state index in [1.807, 2.05) is 0 Å². The topological polar surface area (TPSA) is 70.1 Å². The minimum Gasteiger partial charge on any atom is -0.255 e. The van der Waals surface area contributed by atoms with Gasteiger partial charge in [0.2, 0.25) is 0 Å². The molecule has 0 aliphatic heterocycles. The SMILES string of the molecule is N#CC(=O)N(N)c1ccccc1. The van der Waals surface area contributed by atoms with Crippen LogP contribution in [0.25, 0.3) is 0 Å². The number of nitrogens with zero attached hydrogens (tertiary/aromatic N) is 2. The van der Waals surface area contributed by atoms with Crippen molar-refractivity contribution in [3.05, 3.63) is 30.3 Å². The normalized spacial score (nSPS) is 8.67.